The Labute approximate surface area is 87.3 Å². The molecule has 0 aliphatic heterocycles. The van der Waals surface area contributed by atoms with E-state index in [4.69, 9.17) is 5.73 Å². The number of aromatic nitrogens is 2. The van der Waals surface area contributed by atoms with Gasteiger partial charge in [-0.25, -0.2) is 4.39 Å². The number of rotatable bonds is 2. The third-order valence-electron chi connectivity index (χ3n) is 2.29. The normalized spacial score (nSPS) is 10.5. The van der Waals surface area contributed by atoms with Crippen molar-refractivity contribution < 1.29 is 4.39 Å². The number of nitrogens with zero attached hydrogens (tertiary/aromatic N) is 2. The Hall–Kier alpha value is -1.84. The highest BCUT2D eigenvalue weighted by molar-refractivity contribution is 5.62. The first-order valence-electron chi connectivity index (χ1n) is 4.65. The zero-order valence-corrected chi connectivity index (χ0v) is 8.44. The van der Waals surface area contributed by atoms with Crippen LogP contribution in [0.1, 0.15) is 5.56 Å². The van der Waals surface area contributed by atoms with Gasteiger partial charge in [-0.3, -0.25) is 4.68 Å². The van der Waals surface area contributed by atoms with Crippen LogP contribution in [0.25, 0.3) is 11.3 Å². The van der Waals surface area contributed by atoms with Gasteiger partial charge < -0.3 is 5.73 Å². The van der Waals surface area contributed by atoms with Crippen LogP contribution in [0.5, 0.6) is 0 Å². The van der Waals surface area contributed by atoms with Crippen LogP contribution in [0.15, 0.2) is 30.3 Å². The van der Waals surface area contributed by atoms with Crippen molar-refractivity contribution in [2.45, 2.75) is 6.67 Å². The second-order valence-corrected chi connectivity index (χ2v) is 3.41. The maximum absolute atomic E-state index is 12.5. The molecule has 0 atom stereocenters. The van der Waals surface area contributed by atoms with Gasteiger partial charge in [0.2, 0.25) is 0 Å². The number of nitrogens with two attached hydrogens (primary N) is 1. The molecule has 0 saturated carbocycles. The Bertz CT molecular complexity index is 457. The van der Waals surface area contributed by atoms with Gasteiger partial charge >= 0.3 is 0 Å². The fourth-order valence-corrected chi connectivity index (χ4v) is 1.44. The number of hydrogen-bond donors (Lipinski definition) is 1. The first kappa shape index (κ1) is 9.71. The summed E-state index contributed by atoms with van der Waals surface area (Å²) in [5.74, 6) is 0.593. The molecule has 0 amide bonds. The molecule has 2 N–H and O–H groups in total. The lowest BCUT2D eigenvalue weighted by molar-refractivity contribution is 0.485. The highest BCUT2D eigenvalue weighted by Gasteiger charge is 2.04. The summed E-state index contributed by atoms with van der Waals surface area (Å²) in [6, 6.07) is 9.00. The molecule has 0 spiro atoms. The molecule has 15 heavy (non-hydrogen) atoms. The number of aryl methyl sites for hydroxylation is 1. The SMILES string of the molecule is Cn1nc(-c2cccc(CF)c2)cc1N. The van der Waals surface area contributed by atoms with Crippen molar-refractivity contribution in [1.82, 2.24) is 9.78 Å². The van der Waals surface area contributed by atoms with Gasteiger partial charge in [-0.1, -0.05) is 18.2 Å². The van der Waals surface area contributed by atoms with Gasteiger partial charge in [-0.15, -0.1) is 0 Å². The van der Waals surface area contributed by atoms with Crippen molar-refractivity contribution in [1.29, 1.82) is 0 Å². The van der Waals surface area contributed by atoms with E-state index in [9.17, 15) is 4.39 Å². The third-order valence-corrected chi connectivity index (χ3v) is 2.29. The van der Waals surface area contributed by atoms with Crippen molar-refractivity contribution in [3.63, 3.8) is 0 Å². The molecule has 0 saturated heterocycles. The van der Waals surface area contributed by atoms with E-state index in [2.05, 4.69) is 5.10 Å². The van der Waals surface area contributed by atoms with Crippen molar-refractivity contribution in [2.24, 2.45) is 7.05 Å². The molecular weight excluding hydrogens is 193 g/mol. The van der Waals surface area contributed by atoms with Gasteiger partial charge in [0.25, 0.3) is 0 Å². The fourth-order valence-electron chi connectivity index (χ4n) is 1.44. The Morgan fingerprint density at radius 2 is 2.20 bits per heavy atom. The maximum Gasteiger partial charge on any atom is 0.121 e. The molecule has 0 aliphatic carbocycles. The monoisotopic (exact) mass is 205 g/mol. The van der Waals surface area contributed by atoms with Crippen molar-refractivity contribution >= 4 is 5.82 Å². The molecule has 1 heterocycles. The van der Waals surface area contributed by atoms with E-state index >= 15 is 0 Å². The molecule has 3 nitrogen and oxygen atoms in total. The summed E-state index contributed by atoms with van der Waals surface area (Å²) in [4.78, 5) is 0. The van der Waals surface area contributed by atoms with Crippen LogP contribution < -0.4 is 5.73 Å². The van der Waals surface area contributed by atoms with Crippen molar-refractivity contribution in [3.05, 3.63) is 35.9 Å². The molecule has 0 bridgehead atoms. The summed E-state index contributed by atoms with van der Waals surface area (Å²) < 4.78 is 14.0. The summed E-state index contributed by atoms with van der Waals surface area (Å²) in [6.45, 7) is -0.462. The molecule has 1 aromatic carbocycles. The molecule has 0 fully saturated rings. The maximum atomic E-state index is 12.5. The largest absolute Gasteiger partial charge is 0.384 e. The zero-order valence-electron chi connectivity index (χ0n) is 8.44. The lowest BCUT2D eigenvalue weighted by atomic mass is 10.1. The van der Waals surface area contributed by atoms with Gasteiger partial charge in [0.05, 0.1) is 5.69 Å². The van der Waals surface area contributed by atoms with Crippen LogP contribution in [0, 0.1) is 0 Å². The minimum absolute atomic E-state index is 0.462. The summed E-state index contributed by atoms with van der Waals surface area (Å²) in [6.07, 6.45) is 0. The molecule has 78 valence electrons. The average Bonchev–Trinajstić information content (AvgIpc) is 2.59. The van der Waals surface area contributed by atoms with Crippen LogP contribution >= 0.6 is 0 Å². The summed E-state index contributed by atoms with van der Waals surface area (Å²) in [5, 5.41) is 4.23. The summed E-state index contributed by atoms with van der Waals surface area (Å²) in [7, 11) is 1.78. The van der Waals surface area contributed by atoms with E-state index in [-0.39, 0.29) is 0 Å². The molecule has 2 aromatic rings. The Balaban J connectivity index is 2.44. The molecule has 0 unspecified atom stereocenters. The number of nitrogen functional groups attached to an aromatic ring is 1. The van der Waals surface area contributed by atoms with Crippen LogP contribution in [-0.2, 0) is 13.7 Å². The molecule has 0 radical (unpaired) electrons. The lowest BCUT2D eigenvalue weighted by Gasteiger charge is -1.98. The quantitative estimate of drug-likeness (QED) is 0.816. The summed E-state index contributed by atoms with van der Waals surface area (Å²) >= 11 is 0. The minimum atomic E-state index is -0.462. The molecule has 2 rings (SSSR count). The van der Waals surface area contributed by atoms with E-state index < -0.39 is 6.67 Å². The fraction of sp³-hybridized carbons (Fsp3) is 0.182. The Kier molecular flexibility index (Phi) is 2.41. The summed E-state index contributed by atoms with van der Waals surface area (Å²) in [5.41, 5.74) is 7.98. The lowest BCUT2D eigenvalue weighted by Crippen LogP contribution is -1.96. The zero-order chi connectivity index (χ0) is 10.8. The number of hydrogen-bond acceptors (Lipinski definition) is 2. The number of alkyl halides is 1. The third kappa shape index (κ3) is 1.83. The predicted octanol–water partition coefficient (Wildman–Crippen LogP) is 2.14. The number of anilines is 1. The van der Waals surface area contributed by atoms with E-state index in [0.29, 0.717) is 11.4 Å². The van der Waals surface area contributed by atoms with Gasteiger partial charge in [0.1, 0.15) is 12.5 Å². The highest BCUT2D eigenvalue weighted by atomic mass is 19.1. The smallest absolute Gasteiger partial charge is 0.121 e. The molecule has 0 aliphatic rings. The predicted molar refractivity (Wildman–Crippen MR) is 57.9 cm³/mol. The van der Waals surface area contributed by atoms with Crippen LogP contribution in [0.3, 0.4) is 0 Å². The second kappa shape index (κ2) is 3.73. The topological polar surface area (TPSA) is 43.8 Å². The second-order valence-electron chi connectivity index (χ2n) is 3.41. The molecule has 4 heteroatoms. The van der Waals surface area contributed by atoms with Gasteiger partial charge in [0, 0.05) is 18.7 Å². The highest BCUT2D eigenvalue weighted by Crippen LogP contribution is 2.21. The Morgan fingerprint density at radius 3 is 2.80 bits per heavy atom. The van der Waals surface area contributed by atoms with Crippen molar-refractivity contribution in [3.8, 4) is 11.3 Å². The van der Waals surface area contributed by atoms with Crippen LogP contribution in [0.2, 0.25) is 0 Å². The van der Waals surface area contributed by atoms with Crippen molar-refractivity contribution in [2.75, 3.05) is 5.73 Å². The van der Waals surface area contributed by atoms with E-state index in [0.717, 1.165) is 11.3 Å². The average molecular weight is 205 g/mol. The minimum Gasteiger partial charge on any atom is -0.384 e. The van der Waals surface area contributed by atoms with Gasteiger partial charge in [-0.05, 0) is 11.6 Å². The molecule has 1 aromatic heterocycles. The van der Waals surface area contributed by atoms with Crippen LogP contribution in [0.4, 0.5) is 10.2 Å². The first-order chi connectivity index (χ1) is 7.20. The number of halogens is 1. The van der Waals surface area contributed by atoms with Gasteiger partial charge in [-0.2, -0.15) is 5.10 Å². The molecular formula is C11H12FN3. The van der Waals surface area contributed by atoms with E-state index in [1.165, 1.54) is 0 Å². The van der Waals surface area contributed by atoms with E-state index in [1.807, 2.05) is 12.1 Å². The number of benzene rings is 1. The standard InChI is InChI=1S/C11H12FN3/c1-15-11(13)6-10(14-15)9-4-2-3-8(5-9)7-12/h2-6H,7,13H2,1H3. The Morgan fingerprint density at radius 1 is 1.40 bits per heavy atom. The first-order valence-corrected chi connectivity index (χ1v) is 4.65. The van der Waals surface area contributed by atoms with E-state index in [1.54, 1.807) is 29.9 Å². The van der Waals surface area contributed by atoms with Gasteiger partial charge in [0.15, 0.2) is 0 Å². The van der Waals surface area contributed by atoms with Crippen LogP contribution in [-0.4, -0.2) is 9.78 Å².